The van der Waals surface area contributed by atoms with Gasteiger partial charge in [0, 0.05) is 22.1 Å². The van der Waals surface area contributed by atoms with E-state index in [1.165, 1.54) is 0 Å². The van der Waals surface area contributed by atoms with Crippen LogP contribution in [0, 0.1) is 0 Å². The fourth-order valence-electron chi connectivity index (χ4n) is 4.73. The maximum absolute atomic E-state index is 12.5. The SMILES string of the molecule is Nc1cccc(Nc2nc(Cl)nc(Nc3cc(S(=O)(=O)O)cc4cc(S(=O)(=O)O)c(N=Nc5cccc6ccccc56)c(O)c34)n2)c1. The number of nitrogens with one attached hydrogen (secondary N) is 2. The summed E-state index contributed by atoms with van der Waals surface area (Å²) in [6, 6.07) is 21.7. The van der Waals surface area contributed by atoms with Gasteiger partial charge in [-0.3, -0.25) is 9.11 Å². The number of phenols is 1. The van der Waals surface area contributed by atoms with E-state index in [9.17, 15) is 31.0 Å². The number of nitrogens with two attached hydrogens (primary N) is 1. The highest BCUT2D eigenvalue weighted by molar-refractivity contribution is 7.86. The molecule has 18 heteroatoms. The minimum atomic E-state index is -5.07. The molecule has 1 aromatic heterocycles. The summed E-state index contributed by atoms with van der Waals surface area (Å²) in [5.41, 5.74) is 6.22. The second-order valence-electron chi connectivity index (χ2n) is 9.92. The number of fused-ring (bicyclic) bond motifs is 2. The molecule has 0 saturated heterocycles. The van der Waals surface area contributed by atoms with E-state index in [1.54, 1.807) is 48.5 Å². The number of nitrogens with zero attached hydrogens (tertiary/aromatic N) is 5. The van der Waals surface area contributed by atoms with Crippen molar-refractivity contribution in [3.05, 3.63) is 90.2 Å². The fraction of sp³-hybridized carbons (Fsp3) is 0. The Hall–Kier alpha value is -5.46. The fourth-order valence-corrected chi connectivity index (χ4v) is 6.09. The number of anilines is 5. The number of nitrogen functional groups attached to an aromatic ring is 1. The minimum absolute atomic E-state index is 0.0456. The zero-order valence-electron chi connectivity index (χ0n) is 23.6. The van der Waals surface area contributed by atoms with Crippen LogP contribution in [-0.4, -0.2) is 46.0 Å². The van der Waals surface area contributed by atoms with Crippen LogP contribution in [0.15, 0.2) is 105 Å². The molecule has 0 bridgehead atoms. The molecule has 47 heavy (non-hydrogen) atoms. The summed E-state index contributed by atoms with van der Waals surface area (Å²) in [6.45, 7) is 0. The van der Waals surface area contributed by atoms with E-state index in [0.29, 0.717) is 22.4 Å². The van der Waals surface area contributed by atoms with Crippen LogP contribution in [0.3, 0.4) is 0 Å². The molecule has 15 nitrogen and oxygen atoms in total. The summed E-state index contributed by atoms with van der Waals surface area (Å²) in [4.78, 5) is 10.6. The van der Waals surface area contributed by atoms with Gasteiger partial charge in [-0.15, -0.1) is 10.2 Å². The standard InChI is InChI=1S/C29H21ClN8O7S2/c30-27-34-28(32-18-8-4-7-17(31)13-18)36-29(35-27)33-22-14-19(46(40,41)42)11-16-12-23(47(43,44)45)25(26(39)24(16)22)38-37-21-10-3-6-15-5-1-2-9-20(15)21/h1-14,39H,31H2,(H,40,41,42)(H,43,44,45)(H2,32,33,34,35,36). The highest BCUT2D eigenvalue weighted by Crippen LogP contribution is 2.46. The van der Waals surface area contributed by atoms with E-state index in [2.05, 4.69) is 35.8 Å². The third-order valence-corrected chi connectivity index (χ3v) is 8.59. The van der Waals surface area contributed by atoms with Crippen molar-refractivity contribution < 1.29 is 31.0 Å². The number of benzene rings is 5. The number of aromatic hydroxyl groups is 1. The maximum atomic E-state index is 12.5. The summed E-state index contributed by atoms with van der Waals surface area (Å²) in [6.07, 6.45) is 0. The van der Waals surface area contributed by atoms with Crippen molar-refractivity contribution >= 4 is 93.7 Å². The van der Waals surface area contributed by atoms with E-state index in [0.717, 1.165) is 23.6 Å². The van der Waals surface area contributed by atoms with Crippen LogP contribution in [0.1, 0.15) is 0 Å². The molecule has 0 aliphatic heterocycles. The molecule has 0 aliphatic carbocycles. The summed E-state index contributed by atoms with van der Waals surface area (Å²) in [5.74, 6) is -1.11. The largest absolute Gasteiger partial charge is 0.505 e. The molecule has 238 valence electrons. The summed E-state index contributed by atoms with van der Waals surface area (Å²) >= 11 is 6.13. The number of halogens is 1. The van der Waals surface area contributed by atoms with Gasteiger partial charge in [0.05, 0.1) is 16.3 Å². The van der Waals surface area contributed by atoms with Gasteiger partial charge < -0.3 is 21.5 Å². The van der Waals surface area contributed by atoms with Crippen LogP contribution in [-0.2, 0) is 20.2 Å². The lowest BCUT2D eigenvalue weighted by Crippen LogP contribution is -2.06. The molecule has 6 aromatic rings. The Kier molecular flexibility index (Phi) is 8.08. The lowest BCUT2D eigenvalue weighted by atomic mass is 10.1. The molecule has 0 atom stereocenters. The van der Waals surface area contributed by atoms with Crippen molar-refractivity contribution in [2.24, 2.45) is 10.2 Å². The molecule has 0 unspecified atom stereocenters. The summed E-state index contributed by atoms with van der Waals surface area (Å²) in [5, 5.41) is 26.0. The molecule has 0 fully saturated rings. The highest BCUT2D eigenvalue weighted by Gasteiger charge is 2.26. The normalized spacial score (nSPS) is 12.1. The van der Waals surface area contributed by atoms with Crippen LogP contribution in [0.5, 0.6) is 5.75 Å². The van der Waals surface area contributed by atoms with Gasteiger partial charge in [-0.1, -0.05) is 42.5 Å². The van der Waals surface area contributed by atoms with Gasteiger partial charge in [-0.05, 0) is 64.8 Å². The first kappa shape index (κ1) is 31.5. The molecule has 0 aliphatic rings. The Morgan fingerprint density at radius 2 is 1.45 bits per heavy atom. The van der Waals surface area contributed by atoms with Gasteiger partial charge in [-0.25, -0.2) is 0 Å². The molecule has 0 amide bonds. The number of azo groups is 1. The van der Waals surface area contributed by atoms with E-state index >= 15 is 0 Å². The Morgan fingerprint density at radius 3 is 2.17 bits per heavy atom. The van der Waals surface area contributed by atoms with Crippen molar-refractivity contribution in [1.82, 2.24) is 15.0 Å². The Morgan fingerprint density at radius 1 is 0.745 bits per heavy atom. The smallest absolute Gasteiger partial charge is 0.296 e. The van der Waals surface area contributed by atoms with Crippen LogP contribution < -0.4 is 16.4 Å². The van der Waals surface area contributed by atoms with E-state index in [4.69, 9.17) is 17.3 Å². The Balaban J connectivity index is 1.53. The Labute approximate surface area is 271 Å². The molecule has 6 rings (SSSR count). The zero-order valence-corrected chi connectivity index (χ0v) is 26.0. The van der Waals surface area contributed by atoms with Crippen molar-refractivity contribution in [2.45, 2.75) is 9.79 Å². The first-order valence-corrected chi connectivity index (χ1v) is 16.5. The molecule has 1 heterocycles. The average Bonchev–Trinajstić information content (AvgIpc) is 2.99. The predicted molar refractivity (Wildman–Crippen MR) is 176 cm³/mol. The van der Waals surface area contributed by atoms with Gasteiger partial charge >= 0.3 is 0 Å². The Bertz CT molecular complexity index is 2470. The lowest BCUT2D eigenvalue weighted by Gasteiger charge is -2.15. The van der Waals surface area contributed by atoms with Crippen LogP contribution in [0.25, 0.3) is 21.5 Å². The van der Waals surface area contributed by atoms with Gasteiger partial charge in [0.1, 0.15) is 10.6 Å². The van der Waals surface area contributed by atoms with E-state index < -0.39 is 41.5 Å². The molecule has 0 spiro atoms. The van der Waals surface area contributed by atoms with Crippen molar-refractivity contribution in [3.8, 4) is 5.75 Å². The first-order chi connectivity index (χ1) is 22.3. The second-order valence-corrected chi connectivity index (χ2v) is 13.1. The minimum Gasteiger partial charge on any atom is -0.505 e. The number of hydrogen-bond acceptors (Lipinski definition) is 13. The quantitative estimate of drug-likeness (QED) is 0.0566. The summed E-state index contributed by atoms with van der Waals surface area (Å²) < 4.78 is 69.3. The highest BCUT2D eigenvalue weighted by atomic mass is 35.5. The van der Waals surface area contributed by atoms with Crippen molar-refractivity contribution in [3.63, 3.8) is 0 Å². The number of phenolic OH excluding ortho intramolecular Hbond substituents is 1. The zero-order chi connectivity index (χ0) is 33.5. The topological polar surface area (TPSA) is 242 Å². The third-order valence-electron chi connectivity index (χ3n) is 6.72. The van der Waals surface area contributed by atoms with Gasteiger partial charge in [-0.2, -0.15) is 31.8 Å². The maximum Gasteiger partial charge on any atom is 0.296 e. The number of aromatic nitrogens is 3. The van der Waals surface area contributed by atoms with Crippen molar-refractivity contribution in [1.29, 1.82) is 0 Å². The summed E-state index contributed by atoms with van der Waals surface area (Å²) in [7, 11) is -9.96. The van der Waals surface area contributed by atoms with E-state index in [1.807, 2.05) is 18.2 Å². The van der Waals surface area contributed by atoms with E-state index in [-0.39, 0.29) is 33.6 Å². The molecular weight excluding hydrogens is 672 g/mol. The first-order valence-electron chi connectivity index (χ1n) is 13.3. The van der Waals surface area contributed by atoms with Gasteiger partial charge in [0.25, 0.3) is 20.2 Å². The lowest BCUT2D eigenvalue weighted by molar-refractivity contribution is 0.472. The predicted octanol–water partition coefficient (Wildman–Crippen LogP) is 6.52. The monoisotopic (exact) mass is 692 g/mol. The second kappa shape index (κ2) is 12.0. The average molecular weight is 693 g/mol. The van der Waals surface area contributed by atoms with Crippen molar-refractivity contribution in [2.75, 3.05) is 16.4 Å². The van der Waals surface area contributed by atoms with Crippen LogP contribution in [0.4, 0.5) is 40.3 Å². The molecule has 7 N–H and O–H groups in total. The molecular formula is C29H21ClN8O7S2. The van der Waals surface area contributed by atoms with Gasteiger partial charge in [0.2, 0.25) is 17.2 Å². The molecule has 5 aromatic carbocycles. The van der Waals surface area contributed by atoms with Crippen LogP contribution in [0.2, 0.25) is 5.28 Å². The third kappa shape index (κ3) is 6.74. The molecule has 0 radical (unpaired) electrons. The van der Waals surface area contributed by atoms with Gasteiger partial charge in [0.15, 0.2) is 5.75 Å². The number of hydrogen-bond donors (Lipinski definition) is 6. The number of rotatable bonds is 8. The molecule has 0 saturated carbocycles. The van der Waals surface area contributed by atoms with Crippen LogP contribution >= 0.6 is 11.6 Å².